The zero-order valence-corrected chi connectivity index (χ0v) is 14.1. The van der Waals surface area contributed by atoms with Gasteiger partial charge in [-0.05, 0) is 42.4 Å². The molecule has 4 nitrogen and oxygen atoms in total. The van der Waals surface area contributed by atoms with E-state index in [-0.39, 0.29) is 12.5 Å². The third kappa shape index (κ3) is 5.70. The van der Waals surface area contributed by atoms with E-state index in [1.807, 2.05) is 12.1 Å². The maximum atomic E-state index is 11.9. The predicted octanol–water partition coefficient (Wildman–Crippen LogP) is 3.66. The number of carbonyl (C=O) groups excluding carboxylic acids is 2. The van der Waals surface area contributed by atoms with Crippen molar-refractivity contribution in [3.8, 4) is 0 Å². The van der Waals surface area contributed by atoms with Crippen LogP contribution in [0.1, 0.15) is 67.8 Å². The summed E-state index contributed by atoms with van der Waals surface area (Å²) in [5.41, 5.74) is 1.65. The number of carbonyl (C=O) groups is 2. The molecule has 1 N–H and O–H groups in total. The monoisotopic (exact) mass is 317 g/mol. The first-order valence-electron chi connectivity index (χ1n) is 8.60. The lowest BCUT2D eigenvalue weighted by Gasteiger charge is -2.21. The maximum Gasteiger partial charge on any atom is 0.338 e. The topological polar surface area (TPSA) is 55.4 Å². The van der Waals surface area contributed by atoms with Crippen molar-refractivity contribution < 1.29 is 14.3 Å². The van der Waals surface area contributed by atoms with Crippen LogP contribution in [0.15, 0.2) is 24.3 Å². The fourth-order valence-electron chi connectivity index (χ4n) is 2.92. The van der Waals surface area contributed by atoms with Gasteiger partial charge in [-0.15, -0.1) is 0 Å². The predicted molar refractivity (Wildman–Crippen MR) is 90.4 cm³/mol. The van der Waals surface area contributed by atoms with Crippen LogP contribution in [0.25, 0.3) is 0 Å². The molecular formula is C19H27NO3. The Morgan fingerprint density at radius 1 is 1.13 bits per heavy atom. The van der Waals surface area contributed by atoms with E-state index in [0.717, 1.165) is 0 Å². The van der Waals surface area contributed by atoms with E-state index in [0.29, 0.717) is 23.9 Å². The number of hydrogen-bond donors (Lipinski definition) is 1. The first kappa shape index (κ1) is 17.5. The SMILES string of the molecule is CC(C)c1ccc(C(=O)OCC(=O)NCC2CCCCC2)cc1. The molecule has 1 fully saturated rings. The molecule has 23 heavy (non-hydrogen) atoms. The van der Waals surface area contributed by atoms with Crippen molar-refractivity contribution in [3.05, 3.63) is 35.4 Å². The Kier molecular flexibility index (Phi) is 6.63. The number of benzene rings is 1. The Bertz CT molecular complexity index is 516. The molecule has 1 aromatic carbocycles. The van der Waals surface area contributed by atoms with E-state index in [1.54, 1.807) is 12.1 Å². The van der Waals surface area contributed by atoms with Crippen LogP contribution < -0.4 is 5.32 Å². The van der Waals surface area contributed by atoms with Gasteiger partial charge in [0, 0.05) is 6.54 Å². The van der Waals surface area contributed by atoms with Gasteiger partial charge in [0.1, 0.15) is 0 Å². The van der Waals surface area contributed by atoms with Crippen molar-refractivity contribution in [2.75, 3.05) is 13.2 Å². The molecule has 1 amide bonds. The Labute approximate surface area is 138 Å². The third-order valence-corrected chi connectivity index (χ3v) is 4.46. The molecule has 2 rings (SSSR count). The van der Waals surface area contributed by atoms with Crippen LogP contribution in [0.2, 0.25) is 0 Å². The number of ether oxygens (including phenoxy) is 1. The second-order valence-corrected chi connectivity index (χ2v) is 6.66. The Hall–Kier alpha value is -1.84. The highest BCUT2D eigenvalue weighted by Gasteiger charge is 2.15. The summed E-state index contributed by atoms with van der Waals surface area (Å²) in [6, 6.07) is 7.34. The van der Waals surface area contributed by atoms with Gasteiger partial charge < -0.3 is 10.1 Å². The largest absolute Gasteiger partial charge is 0.452 e. The first-order valence-corrected chi connectivity index (χ1v) is 8.60. The molecule has 0 heterocycles. The fraction of sp³-hybridized carbons (Fsp3) is 0.579. The number of esters is 1. The molecule has 0 radical (unpaired) electrons. The quantitative estimate of drug-likeness (QED) is 0.815. The molecule has 1 aromatic rings. The summed E-state index contributed by atoms with van der Waals surface area (Å²) in [5.74, 6) is 0.327. The smallest absolute Gasteiger partial charge is 0.338 e. The number of rotatable bonds is 6. The molecule has 0 bridgehead atoms. The van der Waals surface area contributed by atoms with Crippen LogP contribution in [0, 0.1) is 5.92 Å². The van der Waals surface area contributed by atoms with Crippen molar-refractivity contribution in [1.29, 1.82) is 0 Å². The highest BCUT2D eigenvalue weighted by molar-refractivity contribution is 5.91. The zero-order valence-electron chi connectivity index (χ0n) is 14.1. The second kappa shape index (κ2) is 8.70. The van der Waals surface area contributed by atoms with Gasteiger partial charge >= 0.3 is 5.97 Å². The Morgan fingerprint density at radius 2 is 1.78 bits per heavy atom. The van der Waals surface area contributed by atoms with Gasteiger partial charge in [-0.2, -0.15) is 0 Å². The molecule has 4 heteroatoms. The van der Waals surface area contributed by atoms with Crippen molar-refractivity contribution >= 4 is 11.9 Å². The van der Waals surface area contributed by atoms with Crippen LogP contribution in [0.5, 0.6) is 0 Å². The van der Waals surface area contributed by atoms with Gasteiger partial charge in [0.15, 0.2) is 6.61 Å². The normalized spacial score (nSPS) is 15.4. The van der Waals surface area contributed by atoms with Crippen LogP contribution in [0.4, 0.5) is 0 Å². The molecule has 1 aliphatic carbocycles. The van der Waals surface area contributed by atoms with Crippen LogP contribution in [-0.4, -0.2) is 25.0 Å². The van der Waals surface area contributed by atoms with Crippen LogP contribution in [0.3, 0.4) is 0 Å². The maximum absolute atomic E-state index is 11.9. The van der Waals surface area contributed by atoms with Crippen LogP contribution >= 0.6 is 0 Å². The number of nitrogens with one attached hydrogen (secondary N) is 1. The molecule has 0 aliphatic heterocycles. The molecular weight excluding hydrogens is 290 g/mol. The Balaban J connectivity index is 1.71. The lowest BCUT2D eigenvalue weighted by atomic mass is 9.89. The minimum Gasteiger partial charge on any atom is -0.452 e. The van der Waals surface area contributed by atoms with Crippen LogP contribution in [-0.2, 0) is 9.53 Å². The second-order valence-electron chi connectivity index (χ2n) is 6.66. The van der Waals surface area contributed by atoms with Crippen molar-refractivity contribution in [2.24, 2.45) is 5.92 Å². The molecule has 126 valence electrons. The van der Waals surface area contributed by atoms with Gasteiger partial charge in [-0.25, -0.2) is 4.79 Å². The van der Waals surface area contributed by atoms with Gasteiger partial charge in [-0.1, -0.05) is 45.2 Å². The average Bonchev–Trinajstić information content (AvgIpc) is 2.58. The zero-order chi connectivity index (χ0) is 16.7. The number of amides is 1. The minimum atomic E-state index is -0.451. The van der Waals surface area contributed by atoms with E-state index >= 15 is 0 Å². The van der Waals surface area contributed by atoms with E-state index in [2.05, 4.69) is 19.2 Å². The molecule has 0 aromatic heterocycles. The average molecular weight is 317 g/mol. The Morgan fingerprint density at radius 3 is 2.39 bits per heavy atom. The standard InChI is InChI=1S/C19H27NO3/c1-14(2)16-8-10-17(11-9-16)19(22)23-13-18(21)20-12-15-6-4-3-5-7-15/h8-11,14-15H,3-7,12-13H2,1-2H3,(H,20,21). The summed E-state index contributed by atoms with van der Waals surface area (Å²) in [4.78, 5) is 23.7. The summed E-state index contributed by atoms with van der Waals surface area (Å²) in [5, 5.41) is 2.87. The summed E-state index contributed by atoms with van der Waals surface area (Å²) in [6.07, 6.45) is 6.17. The van der Waals surface area contributed by atoms with E-state index in [9.17, 15) is 9.59 Å². The summed E-state index contributed by atoms with van der Waals surface area (Å²) in [6.45, 7) is 4.69. The van der Waals surface area contributed by atoms with E-state index in [4.69, 9.17) is 4.74 Å². The first-order chi connectivity index (χ1) is 11.1. The molecule has 0 spiro atoms. The molecule has 1 aliphatic rings. The fourth-order valence-corrected chi connectivity index (χ4v) is 2.92. The van der Waals surface area contributed by atoms with E-state index in [1.165, 1.54) is 37.7 Å². The number of hydrogen-bond acceptors (Lipinski definition) is 3. The lowest BCUT2D eigenvalue weighted by molar-refractivity contribution is -0.124. The molecule has 1 saturated carbocycles. The lowest BCUT2D eigenvalue weighted by Crippen LogP contribution is -2.33. The summed E-state index contributed by atoms with van der Waals surface area (Å²) in [7, 11) is 0. The highest BCUT2D eigenvalue weighted by atomic mass is 16.5. The molecule has 0 unspecified atom stereocenters. The summed E-state index contributed by atoms with van der Waals surface area (Å²) >= 11 is 0. The van der Waals surface area contributed by atoms with Gasteiger partial charge in [-0.3, -0.25) is 4.79 Å². The van der Waals surface area contributed by atoms with Crippen molar-refractivity contribution in [2.45, 2.75) is 51.9 Å². The van der Waals surface area contributed by atoms with Gasteiger partial charge in [0.05, 0.1) is 5.56 Å². The molecule has 0 saturated heterocycles. The van der Waals surface area contributed by atoms with E-state index < -0.39 is 5.97 Å². The van der Waals surface area contributed by atoms with Crippen molar-refractivity contribution in [3.63, 3.8) is 0 Å². The van der Waals surface area contributed by atoms with Gasteiger partial charge in [0.25, 0.3) is 5.91 Å². The highest BCUT2D eigenvalue weighted by Crippen LogP contribution is 2.22. The van der Waals surface area contributed by atoms with Gasteiger partial charge in [0.2, 0.25) is 0 Å². The van der Waals surface area contributed by atoms with Crippen molar-refractivity contribution in [1.82, 2.24) is 5.32 Å². The third-order valence-electron chi connectivity index (χ3n) is 4.46. The minimum absolute atomic E-state index is 0.211. The molecule has 0 atom stereocenters. The summed E-state index contributed by atoms with van der Waals surface area (Å²) < 4.78 is 5.08.